The molecule has 4 rings (SSSR count). The molecule has 1 saturated carbocycles. The Morgan fingerprint density at radius 2 is 1.83 bits per heavy atom. The number of ether oxygens (including phenoxy) is 2. The fraction of sp³-hybridized carbons (Fsp3) is 0.652. The number of nitrogens with zero attached hydrogens (tertiary/aromatic N) is 2. The summed E-state index contributed by atoms with van der Waals surface area (Å²) in [4.78, 5) is 29.1. The van der Waals surface area contributed by atoms with E-state index >= 15 is 0 Å². The molecule has 2 heterocycles. The minimum Gasteiger partial charge on any atom is -0.495 e. The lowest BCUT2D eigenvalue weighted by Crippen LogP contribution is -2.49. The number of benzene rings is 1. The summed E-state index contributed by atoms with van der Waals surface area (Å²) in [6, 6.07) is 8.10. The van der Waals surface area contributed by atoms with Crippen molar-refractivity contribution in [3.8, 4) is 5.75 Å². The number of amides is 2. The number of anilines is 1. The molecule has 2 saturated heterocycles. The van der Waals surface area contributed by atoms with Crippen LogP contribution in [0.15, 0.2) is 24.3 Å². The normalized spacial score (nSPS) is 23.8. The van der Waals surface area contributed by atoms with Crippen LogP contribution in [0.4, 0.5) is 10.5 Å². The molecule has 2 aliphatic heterocycles. The van der Waals surface area contributed by atoms with Gasteiger partial charge in [-0.3, -0.25) is 4.79 Å². The topological polar surface area (TPSA) is 71.1 Å². The van der Waals surface area contributed by atoms with Gasteiger partial charge in [0.25, 0.3) is 0 Å². The highest BCUT2D eigenvalue weighted by molar-refractivity contribution is 5.96. The van der Waals surface area contributed by atoms with E-state index in [0.717, 1.165) is 64.0 Å². The van der Waals surface area contributed by atoms with Gasteiger partial charge in [0.05, 0.1) is 19.4 Å². The molecule has 3 fully saturated rings. The average Bonchev–Trinajstić information content (AvgIpc) is 3.48. The first-order valence-corrected chi connectivity index (χ1v) is 11.2. The monoisotopic (exact) mass is 415 g/mol. The van der Waals surface area contributed by atoms with Gasteiger partial charge < -0.3 is 24.6 Å². The summed E-state index contributed by atoms with van der Waals surface area (Å²) in [5.74, 6) is 0.926. The van der Waals surface area contributed by atoms with E-state index < -0.39 is 0 Å². The number of rotatable bonds is 5. The average molecular weight is 416 g/mol. The summed E-state index contributed by atoms with van der Waals surface area (Å²) in [6.45, 7) is 5.91. The fourth-order valence-corrected chi connectivity index (χ4v) is 5.20. The predicted molar refractivity (Wildman–Crippen MR) is 115 cm³/mol. The van der Waals surface area contributed by atoms with E-state index in [0.29, 0.717) is 18.4 Å². The fourth-order valence-electron chi connectivity index (χ4n) is 5.20. The first-order valence-electron chi connectivity index (χ1n) is 11.2. The van der Waals surface area contributed by atoms with E-state index in [4.69, 9.17) is 9.47 Å². The Hall–Kier alpha value is -2.28. The number of para-hydroxylation sites is 2. The van der Waals surface area contributed by atoms with Gasteiger partial charge >= 0.3 is 6.09 Å². The van der Waals surface area contributed by atoms with E-state index in [2.05, 4.69) is 10.2 Å². The quantitative estimate of drug-likeness (QED) is 0.799. The van der Waals surface area contributed by atoms with Gasteiger partial charge in [0, 0.05) is 25.0 Å². The summed E-state index contributed by atoms with van der Waals surface area (Å²) >= 11 is 0. The van der Waals surface area contributed by atoms with E-state index in [9.17, 15) is 9.59 Å². The van der Waals surface area contributed by atoms with Crippen LogP contribution in [0, 0.1) is 11.3 Å². The predicted octanol–water partition coefficient (Wildman–Crippen LogP) is 3.36. The summed E-state index contributed by atoms with van der Waals surface area (Å²) in [7, 11) is 1.62. The molecule has 164 valence electrons. The van der Waals surface area contributed by atoms with Gasteiger partial charge in [-0.25, -0.2) is 4.79 Å². The van der Waals surface area contributed by atoms with Crippen LogP contribution in [0.2, 0.25) is 0 Å². The Bertz CT molecular complexity index is 767. The van der Waals surface area contributed by atoms with Gasteiger partial charge in [0.15, 0.2) is 0 Å². The molecule has 1 unspecified atom stereocenters. The van der Waals surface area contributed by atoms with Crippen molar-refractivity contribution in [2.75, 3.05) is 45.2 Å². The first-order chi connectivity index (χ1) is 14.6. The molecule has 7 nitrogen and oxygen atoms in total. The van der Waals surface area contributed by atoms with Crippen molar-refractivity contribution in [3.05, 3.63) is 24.3 Å². The van der Waals surface area contributed by atoms with Crippen molar-refractivity contribution in [2.24, 2.45) is 11.3 Å². The highest BCUT2D eigenvalue weighted by Crippen LogP contribution is 2.60. The zero-order chi connectivity index (χ0) is 21.1. The number of hydrogen-bond acceptors (Lipinski definition) is 5. The SMILES string of the molecule is CCOC(=O)N1CCC(N2CCC3(CC2)CC3C(=O)Nc2ccccc2OC)CC1. The minimum atomic E-state index is -0.185. The van der Waals surface area contributed by atoms with Crippen LogP contribution in [0.5, 0.6) is 5.75 Å². The Morgan fingerprint density at radius 3 is 2.50 bits per heavy atom. The molecule has 0 aromatic heterocycles. The van der Waals surface area contributed by atoms with Crippen molar-refractivity contribution < 1.29 is 19.1 Å². The van der Waals surface area contributed by atoms with Crippen molar-refractivity contribution in [1.29, 1.82) is 0 Å². The maximum absolute atomic E-state index is 12.8. The Morgan fingerprint density at radius 1 is 1.13 bits per heavy atom. The summed E-state index contributed by atoms with van der Waals surface area (Å²) < 4.78 is 10.5. The third kappa shape index (κ3) is 4.26. The number of likely N-dealkylation sites (tertiary alicyclic amines) is 2. The van der Waals surface area contributed by atoms with Gasteiger partial charge in [-0.05, 0) is 69.7 Å². The molecule has 7 heteroatoms. The van der Waals surface area contributed by atoms with Gasteiger partial charge in [-0.2, -0.15) is 0 Å². The molecular formula is C23H33N3O4. The lowest BCUT2D eigenvalue weighted by Gasteiger charge is -2.42. The smallest absolute Gasteiger partial charge is 0.409 e. The largest absolute Gasteiger partial charge is 0.495 e. The molecule has 30 heavy (non-hydrogen) atoms. The number of carbonyl (C=O) groups excluding carboxylic acids is 2. The molecule has 1 aromatic carbocycles. The number of carbonyl (C=O) groups is 2. The second-order valence-corrected chi connectivity index (χ2v) is 8.76. The van der Waals surface area contributed by atoms with E-state index in [1.807, 2.05) is 36.1 Å². The van der Waals surface area contributed by atoms with Crippen LogP contribution in [0.25, 0.3) is 0 Å². The van der Waals surface area contributed by atoms with E-state index in [-0.39, 0.29) is 23.3 Å². The maximum Gasteiger partial charge on any atom is 0.409 e. The molecular weight excluding hydrogens is 382 g/mol. The lowest BCUT2D eigenvalue weighted by atomic mass is 9.88. The van der Waals surface area contributed by atoms with Crippen molar-refractivity contribution in [3.63, 3.8) is 0 Å². The molecule has 1 spiro atoms. The second kappa shape index (κ2) is 8.84. The van der Waals surface area contributed by atoms with E-state index in [1.165, 1.54) is 0 Å². The third-order valence-corrected chi connectivity index (χ3v) is 7.17. The van der Waals surface area contributed by atoms with Crippen LogP contribution in [0.1, 0.15) is 39.0 Å². The van der Waals surface area contributed by atoms with Gasteiger partial charge in [0.2, 0.25) is 5.91 Å². The maximum atomic E-state index is 12.8. The molecule has 1 aromatic rings. The molecule has 0 bridgehead atoms. The molecule has 0 radical (unpaired) electrons. The lowest BCUT2D eigenvalue weighted by molar-refractivity contribution is -0.118. The number of piperidine rings is 2. The summed E-state index contributed by atoms with van der Waals surface area (Å²) in [5.41, 5.74) is 0.923. The molecule has 2 amide bonds. The number of nitrogens with one attached hydrogen (secondary N) is 1. The molecule has 1 N–H and O–H groups in total. The molecule has 3 aliphatic rings. The van der Waals surface area contributed by atoms with Gasteiger partial charge in [0.1, 0.15) is 5.75 Å². The van der Waals surface area contributed by atoms with Crippen LogP contribution in [-0.4, -0.2) is 67.7 Å². The Balaban J connectivity index is 1.24. The van der Waals surface area contributed by atoms with Gasteiger partial charge in [-0.1, -0.05) is 12.1 Å². The van der Waals surface area contributed by atoms with Crippen molar-refractivity contribution in [1.82, 2.24) is 9.80 Å². The minimum absolute atomic E-state index is 0.107. The second-order valence-electron chi connectivity index (χ2n) is 8.76. The highest BCUT2D eigenvalue weighted by Gasteiger charge is 2.58. The molecule has 1 aliphatic carbocycles. The first kappa shape index (κ1) is 21.0. The number of methoxy groups -OCH3 is 1. The molecule has 1 atom stereocenters. The van der Waals surface area contributed by atoms with Gasteiger partial charge in [-0.15, -0.1) is 0 Å². The van der Waals surface area contributed by atoms with Crippen molar-refractivity contribution >= 4 is 17.7 Å². The zero-order valence-electron chi connectivity index (χ0n) is 18.1. The standard InChI is InChI=1S/C23H33N3O4/c1-3-30-22(28)26-12-8-17(9-13-26)25-14-10-23(11-15-25)16-18(23)21(27)24-19-6-4-5-7-20(19)29-2/h4-7,17-18H,3,8-16H2,1-2H3,(H,24,27). The Labute approximate surface area is 178 Å². The third-order valence-electron chi connectivity index (χ3n) is 7.17. The zero-order valence-corrected chi connectivity index (χ0v) is 18.1. The highest BCUT2D eigenvalue weighted by atomic mass is 16.6. The Kier molecular flexibility index (Phi) is 6.18. The van der Waals surface area contributed by atoms with Crippen LogP contribution in [0.3, 0.4) is 0 Å². The van der Waals surface area contributed by atoms with Crippen LogP contribution >= 0.6 is 0 Å². The summed E-state index contributed by atoms with van der Waals surface area (Å²) in [5, 5.41) is 3.07. The van der Waals surface area contributed by atoms with Crippen LogP contribution < -0.4 is 10.1 Å². The van der Waals surface area contributed by atoms with Crippen molar-refractivity contribution in [2.45, 2.75) is 45.1 Å². The number of hydrogen-bond donors (Lipinski definition) is 1. The van der Waals surface area contributed by atoms with E-state index in [1.54, 1.807) is 7.11 Å². The van der Waals surface area contributed by atoms with Crippen LogP contribution in [-0.2, 0) is 9.53 Å². The summed E-state index contributed by atoms with van der Waals surface area (Å²) in [6.07, 6.45) is 4.97.